The highest BCUT2D eigenvalue weighted by Crippen LogP contribution is 2.23. The number of rotatable bonds is 8. The third-order valence-electron chi connectivity index (χ3n) is 3.93. The lowest BCUT2D eigenvalue weighted by atomic mass is 10.1. The highest BCUT2D eigenvalue weighted by Gasteiger charge is 2.08. The number of ketones is 1. The number of ether oxygens (including phenoxy) is 1. The number of carbonyl (C=O) groups is 1. The maximum absolute atomic E-state index is 11.4. The molecule has 0 radical (unpaired) electrons. The Balaban J connectivity index is 1.88. The summed E-state index contributed by atoms with van der Waals surface area (Å²) in [5, 5.41) is 6.52. The van der Waals surface area contributed by atoms with Crippen LogP contribution in [0.15, 0.2) is 60.7 Å². The number of carbonyl (C=O) groups excluding carboxylic acids is 1. The highest BCUT2D eigenvalue weighted by atomic mass is 16.5. The average molecular weight is 362 g/mol. The summed E-state index contributed by atoms with van der Waals surface area (Å²) in [5.41, 5.74) is 2.46. The van der Waals surface area contributed by atoms with E-state index in [1.165, 1.54) is 0 Å². The quantitative estimate of drug-likeness (QED) is 0.463. The standard InChI is InChI=1S/C21H22N4O2/c1-15(26)16-8-10-18(11-9-16)23-20-14-19(22-12-13-27-2)24-21(25-20)17-6-4-3-5-7-17/h3-11,14H,12-13H2,1-2H3,(H2,22,23,24,25). The van der Waals surface area contributed by atoms with Crippen LogP contribution in [0.4, 0.5) is 17.3 Å². The topological polar surface area (TPSA) is 76.1 Å². The summed E-state index contributed by atoms with van der Waals surface area (Å²) in [7, 11) is 1.66. The van der Waals surface area contributed by atoms with E-state index in [0.717, 1.165) is 11.3 Å². The first-order valence-electron chi connectivity index (χ1n) is 8.71. The molecule has 6 nitrogen and oxygen atoms in total. The van der Waals surface area contributed by atoms with Crippen molar-refractivity contribution in [2.24, 2.45) is 0 Å². The van der Waals surface area contributed by atoms with Crippen molar-refractivity contribution in [3.63, 3.8) is 0 Å². The van der Waals surface area contributed by atoms with E-state index in [9.17, 15) is 4.79 Å². The van der Waals surface area contributed by atoms with Gasteiger partial charge in [-0.15, -0.1) is 0 Å². The first-order valence-corrected chi connectivity index (χ1v) is 8.71. The zero-order chi connectivity index (χ0) is 19.1. The van der Waals surface area contributed by atoms with Gasteiger partial charge in [-0.1, -0.05) is 30.3 Å². The molecule has 6 heteroatoms. The number of hydrogen-bond donors (Lipinski definition) is 2. The predicted molar refractivity (Wildman–Crippen MR) is 108 cm³/mol. The van der Waals surface area contributed by atoms with Crippen LogP contribution in [0, 0.1) is 0 Å². The molecule has 0 spiro atoms. The number of anilines is 3. The van der Waals surface area contributed by atoms with E-state index >= 15 is 0 Å². The molecular formula is C21H22N4O2. The molecule has 1 heterocycles. The number of hydrogen-bond acceptors (Lipinski definition) is 6. The Kier molecular flexibility index (Phi) is 6.12. The minimum atomic E-state index is 0.0413. The number of nitrogens with zero attached hydrogens (tertiary/aromatic N) is 2. The van der Waals surface area contributed by atoms with E-state index in [1.807, 2.05) is 48.5 Å². The van der Waals surface area contributed by atoms with Gasteiger partial charge in [0.15, 0.2) is 11.6 Å². The van der Waals surface area contributed by atoms with Gasteiger partial charge in [-0.2, -0.15) is 0 Å². The van der Waals surface area contributed by atoms with Gasteiger partial charge in [0.1, 0.15) is 11.6 Å². The Morgan fingerprint density at radius 3 is 2.37 bits per heavy atom. The van der Waals surface area contributed by atoms with E-state index in [0.29, 0.717) is 36.2 Å². The molecule has 0 aliphatic carbocycles. The van der Waals surface area contributed by atoms with Gasteiger partial charge in [0.2, 0.25) is 0 Å². The maximum atomic E-state index is 11.4. The number of aromatic nitrogens is 2. The molecule has 138 valence electrons. The second kappa shape index (κ2) is 8.91. The van der Waals surface area contributed by atoms with Crippen LogP contribution in [0.3, 0.4) is 0 Å². The summed E-state index contributed by atoms with van der Waals surface area (Å²) in [6.07, 6.45) is 0. The van der Waals surface area contributed by atoms with Crippen LogP contribution in [0.2, 0.25) is 0 Å². The van der Waals surface area contributed by atoms with Crippen molar-refractivity contribution in [1.29, 1.82) is 0 Å². The molecular weight excluding hydrogens is 340 g/mol. The lowest BCUT2D eigenvalue weighted by Gasteiger charge is -2.12. The van der Waals surface area contributed by atoms with Crippen molar-refractivity contribution in [1.82, 2.24) is 9.97 Å². The summed E-state index contributed by atoms with van der Waals surface area (Å²) >= 11 is 0. The summed E-state index contributed by atoms with van der Waals surface area (Å²) in [6, 6.07) is 19.0. The molecule has 0 atom stereocenters. The van der Waals surface area contributed by atoms with Crippen molar-refractivity contribution in [2.75, 3.05) is 30.9 Å². The fourth-order valence-corrected chi connectivity index (χ4v) is 2.54. The molecule has 3 aromatic rings. The largest absolute Gasteiger partial charge is 0.383 e. The molecule has 2 aromatic carbocycles. The van der Waals surface area contributed by atoms with E-state index in [1.54, 1.807) is 26.2 Å². The van der Waals surface area contributed by atoms with Gasteiger partial charge < -0.3 is 15.4 Å². The minimum absolute atomic E-state index is 0.0413. The van der Waals surface area contributed by atoms with Gasteiger partial charge in [0.05, 0.1) is 6.61 Å². The SMILES string of the molecule is COCCNc1cc(Nc2ccc(C(C)=O)cc2)nc(-c2ccccc2)n1. The van der Waals surface area contributed by atoms with Crippen LogP contribution in [-0.2, 0) is 4.74 Å². The van der Waals surface area contributed by atoms with E-state index in [2.05, 4.69) is 20.6 Å². The van der Waals surface area contributed by atoms with Crippen LogP contribution in [-0.4, -0.2) is 36.0 Å². The molecule has 0 aliphatic rings. The van der Waals surface area contributed by atoms with E-state index in [-0.39, 0.29) is 5.78 Å². The zero-order valence-electron chi connectivity index (χ0n) is 15.4. The van der Waals surface area contributed by atoms with Crippen molar-refractivity contribution in [3.8, 4) is 11.4 Å². The summed E-state index contributed by atoms with van der Waals surface area (Å²) < 4.78 is 5.09. The highest BCUT2D eigenvalue weighted by molar-refractivity contribution is 5.94. The van der Waals surface area contributed by atoms with Gasteiger partial charge >= 0.3 is 0 Å². The van der Waals surface area contributed by atoms with Crippen LogP contribution in [0.1, 0.15) is 17.3 Å². The average Bonchev–Trinajstić information content (AvgIpc) is 2.69. The molecule has 0 saturated heterocycles. The van der Waals surface area contributed by atoms with Gasteiger partial charge in [-0.25, -0.2) is 9.97 Å². The smallest absolute Gasteiger partial charge is 0.163 e. The van der Waals surface area contributed by atoms with E-state index in [4.69, 9.17) is 4.74 Å². The number of Topliss-reactive ketones (excluding diaryl/α,β-unsaturated/α-hetero) is 1. The van der Waals surface area contributed by atoms with Gasteiger partial charge in [0.25, 0.3) is 0 Å². The molecule has 0 aliphatic heterocycles. The van der Waals surface area contributed by atoms with E-state index < -0.39 is 0 Å². The van der Waals surface area contributed by atoms with Gasteiger partial charge in [-0.3, -0.25) is 4.79 Å². The molecule has 0 fully saturated rings. The monoisotopic (exact) mass is 362 g/mol. The Morgan fingerprint density at radius 1 is 1.00 bits per heavy atom. The molecule has 0 saturated carbocycles. The first kappa shape index (κ1) is 18.5. The minimum Gasteiger partial charge on any atom is -0.383 e. The molecule has 27 heavy (non-hydrogen) atoms. The van der Waals surface area contributed by atoms with Crippen molar-refractivity contribution < 1.29 is 9.53 Å². The summed E-state index contributed by atoms with van der Waals surface area (Å²) in [6.45, 7) is 2.78. The van der Waals surface area contributed by atoms with Crippen molar-refractivity contribution in [2.45, 2.75) is 6.92 Å². The van der Waals surface area contributed by atoms with Crippen LogP contribution in [0.5, 0.6) is 0 Å². The number of methoxy groups -OCH3 is 1. The second-order valence-electron chi connectivity index (χ2n) is 6.01. The summed E-state index contributed by atoms with van der Waals surface area (Å²) in [4.78, 5) is 20.6. The summed E-state index contributed by atoms with van der Waals surface area (Å²) in [5.74, 6) is 2.04. The van der Waals surface area contributed by atoms with Crippen molar-refractivity contribution >= 4 is 23.1 Å². The molecule has 2 N–H and O–H groups in total. The number of nitrogens with one attached hydrogen (secondary N) is 2. The fraction of sp³-hybridized carbons (Fsp3) is 0.190. The Hall–Kier alpha value is -3.25. The third-order valence-corrected chi connectivity index (χ3v) is 3.93. The molecule has 0 unspecified atom stereocenters. The van der Waals surface area contributed by atoms with Crippen LogP contribution >= 0.6 is 0 Å². The van der Waals surface area contributed by atoms with Gasteiger partial charge in [-0.05, 0) is 31.2 Å². The Bertz CT molecular complexity index is 896. The lowest BCUT2D eigenvalue weighted by Crippen LogP contribution is -2.10. The molecule has 0 bridgehead atoms. The lowest BCUT2D eigenvalue weighted by molar-refractivity contribution is 0.101. The first-order chi connectivity index (χ1) is 13.2. The van der Waals surface area contributed by atoms with Gasteiger partial charge in [0, 0.05) is 36.5 Å². The molecule has 3 rings (SSSR count). The Labute approximate surface area is 158 Å². The number of benzene rings is 2. The maximum Gasteiger partial charge on any atom is 0.163 e. The molecule has 0 amide bonds. The normalized spacial score (nSPS) is 10.4. The van der Waals surface area contributed by atoms with Crippen LogP contribution in [0.25, 0.3) is 11.4 Å². The van der Waals surface area contributed by atoms with Crippen molar-refractivity contribution in [3.05, 3.63) is 66.2 Å². The second-order valence-corrected chi connectivity index (χ2v) is 6.01. The zero-order valence-corrected chi connectivity index (χ0v) is 15.4. The predicted octanol–water partition coefficient (Wildman–Crippen LogP) is 4.15. The van der Waals surface area contributed by atoms with Crippen LogP contribution < -0.4 is 10.6 Å². The fourth-order valence-electron chi connectivity index (χ4n) is 2.54. The Morgan fingerprint density at radius 2 is 1.70 bits per heavy atom. The molecule has 1 aromatic heterocycles. The third kappa shape index (κ3) is 5.12.